The summed E-state index contributed by atoms with van der Waals surface area (Å²) in [5.41, 5.74) is 1.96. The summed E-state index contributed by atoms with van der Waals surface area (Å²) >= 11 is 1.61. The molecule has 0 fully saturated rings. The highest BCUT2D eigenvalue weighted by Gasteiger charge is 2.09. The van der Waals surface area contributed by atoms with Gasteiger partial charge in [0.05, 0.1) is 0 Å². The lowest BCUT2D eigenvalue weighted by molar-refractivity contribution is 0.369. The van der Waals surface area contributed by atoms with Gasteiger partial charge in [-0.25, -0.2) is 4.39 Å². The number of alkyl halides is 1. The summed E-state index contributed by atoms with van der Waals surface area (Å²) in [6.45, 7) is 3.59. The van der Waals surface area contributed by atoms with Crippen molar-refractivity contribution >= 4 is 11.8 Å². The fourth-order valence-corrected chi connectivity index (χ4v) is 2.12. The maximum absolute atomic E-state index is 13.0. The second-order valence-corrected chi connectivity index (χ2v) is 3.63. The fourth-order valence-electron chi connectivity index (χ4n) is 1.27. The summed E-state index contributed by atoms with van der Waals surface area (Å²) in [6, 6.07) is 5.77. The zero-order valence-corrected chi connectivity index (χ0v) is 8.41. The van der Waals surface area contributed by atoms with E-state index in [1.54, 1.807) is 18.7 Å². The lowest BCUT2D eigenvalue weighted by atomic mass is 10.1. The molecule has 1 atom stereocenters. The normalized spacial score (nSPS) is 13.0. The Morgan fingerprint density at radius 2 is 2.08 bits per heavy atom. The van der Waals surface area contributed by atoms with Crippen molar-refractivity contribution in [2.45, 2.75) is 24.9 Å². The van der Waals surface area contributed by atoms with Gasteiger partial charge in [-0.05, 0) is 31.2 Å². The van der Waals surface area contributed by atoms with Gasteiger partial charge in [0.2, 0.25) is 0 Å². The Morgan fingerprint density at radius 3 is 2.50 bits per heavy atom. The third kappa shape index (κ3) is 1.81. The topological polar surface area (TPSA) is 0 Å². The van der Waals surface area contributed by atoms with E-state index < -0.39 is 6.17 Å². The molecule has 0 N–H and O–H groups in total. The third-order valence-electron chi connectivity index (χ3n) is 1.88. The van der Waals surface area contributed by atoms with Crippen LogP contribution in [0.2, 0.25) is 0 Å². The van der Waals surface area contributed by atoms with E-state index in [-0.39, 0.29) is 0 Å². The molecule has 0 spiro atoms. The van der Waals surface area contributed by atoms with Crippen LogP contribution in [0.15, 0.2) is 23.1 Å². The average molecular weight is 184 g/mol. The Balaban J connectivity index is 3.18. The smallest absolute Gasteiger partial charge is 0.123 e. The van der Waals surface area contributed by atoms with Crippen LogP contribution < -0.4 is 0 Å². The monoisotopic (exact) mass is 184 g/mol. The van der Waals surface area contributed by atoms with E-state index in [1.807, 2.05) is 31.4 Å². The van der Waals surface area contributed by atoms with Gasteiger partial charge in [-0.3, -0.25) is 0 Å². The number of thioether (sulfide) groups is 1. The van der Waals surface area contributed by atoms with Crippen LogP contribution in [-0.4, -0.2) is 6.26 Å². The van der Waals surface area contributed by atoms with Crippen molar-refractivity contribution in [2.24, 2.45) is 0 Å². The Kier molecular flexibility index (Phi) is 3.15. The molecule has 0 saturated carbocycles. The number of rotatable bonds is 2. The average Bonchev–Trinajstić information content (AvgIpc) is 2.03. The van der Waals surface area contributed by atoms with Crippen LogP contribution in [0.3, 0.4) is 0 Å². The molecule has 12 heavy (non-hydrogen) atoms. The van der Waals surface area contributed by atoms with Gasteiger partial charge < -0.3 is 0 Å². The quantitative estimate of drug-likeness (QED) is 0.631. The summed E-state index contributed by atoms with van der Waals surface area (Å²) in [4.78, 5) is 1.08. The lowest BCUT2D eigenvalue weighted by Gasteiger charge is -2.10. The third-order valence-corrected chi connectivity index (χ3v) is 2.84. The molecule has 2 heteroatoms. The minimum atomic E-state index is -0.868. The van der Waals surface area contributed by atoms with Crippen LogP contribution in [0.1, 0.15) is 24.2 Å². The molecule has 0 aliphatic rings. The van der Waals surface area contributed by atoms with Gasteiger partial charge in [0.15, 0.2) is 0 Å². The largest absolute Gasteiger partial charge is 0.243 e. The maximum atomic E-state index is 13.0. The highest BCUT2D eigenvalue weighted by atomic mass is 32.2. The van der Waals surface area contributed by atoms with Gasteiger partial charge in [0, 0.05) is 4.90 Å². The van der Waals surface area contributed by atoms with Crippen LogP contribution in [0.4, 0.5) is 4.39 Å². The summed E-state index contributed by atoms with van der Waals surface area (Å²) in [5.74, 6) is 0. The van der Waals surface area contributed by atoms with E-state index in [9.17, 15) is 4.39 Å². The number of halogens is 1. The van der Waals surface area contributed by atoms with E-state index >= 15 is 0 Å². The van der Waals surface area contributed by atoms with Crippen molar-refractivity contribution in [3.63, 3.8) is 0 Å². The molecule has 0 amide bonds. The number of benzene rings is 1. The molecule has 0 radical (unpaired) electrons. The van der Waals surface area contributed by atoms with Gasteiger partial charge >= 0.3 is 0 Å². The SMILES string of the molecule is CSc1c(C)cccc1C(C)F. The first-order valence-electron chi connectivity index (χ1n) is 3.94. The highest BCUT2D eigenvalue weighted by molar-refractivity contribution is 7.98. The zero-order chi connectivity index (χ0) is 9.14. The van der Waals surface area contributed by atoms with Crippen LogP contribution in [0.25, 0.3) is 0 Å². The summed E-state index contributed by atoms with van der Waals surface area (Å²) in [5, 5.41) is 0. The molecule has 0 nitrogen and oxygen atoms in total. The Hall–Kier alpha value is -0.500. The van der Waals surface area contributed by atoms with Gasteiger partial charge in [0.25, 0.3) is 0 Å². The van der Waals surface area contributed by atoms with Crippen molar-refractivity contribution in [1.82, 2.24) is 0 Å². The van der Waals surface area contributed by atoms with E-state index in [4.69, 9.17) is 0 Å². The zero-order valence-electron chi connectivity index (χ0n) is 7.60. The lowest BCUT2D eigenvalue weighted by Crippen LogP contribution is -1.91. The standard InChI is InChI=1S/C10H13FS/c1-7-5-4-6-9(8(2)11)10(7)12-3/h4-6,8H,1-3H3. The number of aryl methyl sites for hydroxylation is 1. The predicted molar refractivity (Wildman–Crippen MR) is 52.5 cm³/mol. The fraction of sp³-hybridized carbons (Fsp3) is 0.400. The van der Waals surface area contributed by atoms with Crippen molar-refractivity contribution in [2.75, 3.05) is 6.26 Å². The molecule has 0 aromatic heterocycles. The molecule has 1 unspecified atom stereocenters. The Bertz CT molecular complexity index is 269. The molecule has 0 bridgehead atoms. The number of hydrogen-bond acceptors (Lipinski definition) is 1. The molecule has 0 aliphatic carbocycles. The summed E-state index contributed by atoms with van der Waals surface area (Å²) in [7, 11) is 0. The van der Waals surface area contributed by atoms with Gasteiger partial charge in [0.1, 0.15) is 6.17 Å². The van der Waals surface area contributed by atoms with Crippen molar-refractivity contribution < 1.29 is 4.39 Å². The van der Waals surface area contributed by atoms with Crippen LogP contribution >= 0.6 is 11.8 Å². The van der Waals surface area contributed by atoms with E-state index in [1.165, 1.54) is 0 Å². The van der Waals surface area contributed by atoms with Crippen LogP contribution in [0, 0.1) is 6.92 Å². The minimum Gasteiger partial charge on any atom is -0.243 e. The van der Waals surface area contributed by atoms with Crippen molar-refractivity contribution in [1.29, 1.82) is 0 Å². The van der Waals surface area contributed by atoms with Crippen molar-refractivity contribution in [3.8, 4) is 0 Å². The summed E-state index contributed by atoms with van der Waals surface area (Å²) in [6.07, 6.45) is 1.11. The molecule has 66 valence electrons. The van der Waals surface area contributed by atoms with Gasteiger partial charge in [-0.1, -0.05) is 18.2 Å². The predicted octanol–water partition coefficient (Wildman–Crippen LogP) is 3.75. The van der Waals surface area contributed by atoms with Crippen LogP contribution in [-0.2, 0) is 0 Å². The highest BCUT2D eigenvalue weighted by Crippen LogP contribution is 2.30. The minimum absolute atomic E-state index is 0.808. The molecule has 1 aromatic rings. The second kappa shape index (κ2) is 3.94. The van der Waals surface area contributed by atoms with Gasteiger partial charge in [-0.15, -0.1) is 11.8 Å². The first kappa shape index (κ1) is 9.59. The van der Waals surface area contributed by atoms with Crippen molar-refractivity contribution in [3.05, 3.63) is 29.3 Å². The molecule has 0 aliphatic heterocycles. The van der Waals surface area contributed by atoms with Crippen LogP contribution in [0.5, 0.6) is 0 Å². The first-order chi connectivity index (χ1) is 5.66. The second-order valence-electron chi connectivity index (χ2n) is 2.81. The molecule has 1 aromatic carbocycles. The molecule has 1 rings (SSSR count). The molecular weight excluding hydrogens is 171 g/mol. The van der Waals surface area contributed by atoms with Gasteiger partial charge in [-0.2, -0.15) is 0 Å². The molecule has 0 saturated heterocycles. The Morgan fingerprint density at radius 1 is 1.42 bits per heavy atom. The van der Waals surface area contributed by atoms with E-state index in [2.05, 4.69) is 0 Å². The summed E-state index contributed by atoms with van der Waals surface area (Å²) < 4.78 is 13.0. The first-order valence-corrected chi connectivity index (χ1v) is 5.17. The molecular formula is C10H13FS. The molecule has 0 heterocycles. The Labute approximate surface area is 77.2 Å². The maximum Gasteiger partial charge on any atom is 0.123 e. The van der Waals surface area contributed by atoms with E-state index in [0.717, 1.165) is 16.0 Å². The van der Waals surface area contributed by atoms with E-state index in [0.29, 0.717) is 0 Å². The number of hydrogen-bond donors (Lipinski definition) is 0.